The van der Waals surface area contributed by atoms with Gasteiger partial charge in [0.05, 0.1) is 5.69 Å². The molecule has 1 aromatic heterocycles. The molecule has 3 heteroatoms. The van der Waals surface area contributed by atoms with E-state index in [9.17, 15) is 0 Å². The molecule has 10 rings (SSSR count). The van der Waals surface area contributed by atoms with Crippen molar-refractivity contribution in [3.05, 3.63) is 176 Å². The van der Waals surface area contributed by atoms with Crippen molar-refractivity contribution in [3.8, 4) is 33.4 Å². The van der Waals surface area contributed by atoms with Gasteiger partial charge in [-0.3, -0.25) is 0 Å². The highest BCUT2D eigenvalue weighted by atomic mass is 28.3. The third-order valence-electron chi connectivity index (χ3n) is 10.8. The molecule has 9 aromatic rings. The van der Waals surface area contributed by atoms with Gasteiger partial charge in [-0.05, 0) is 97.5 Å². The summed E-state index contributed by atoms with van der Waals surface area (Å²) >= 11 is 0. The Labute approximate surface area is 298 Å². The Bertz CT molecular complexity index is 2780. The van der Waals surface area contributed by atoms with Gasteiger partial charge in [-0.15, -0.1) is 0 Å². The molecule has 0 aliphatic carbocycles. The summed E-state index contributed by atoms with van der Waals surface area (Å²) in [6.07, 6.45) is 0. The molecule has 2 nitrogen and oxygen atoms in total. The Morgan fingerprint density at radius 3 is 2.00 bits per heavy atom. The second-order valence-corrected chi connectivity index (χ2v) is 18.4. The zero-order valence-corrected chi connectivity index (χ0v) is 29.6. The predicted octanol–water partition coefficient (Wildman–Crippen LogP) is 12.3. The van der Waals surface area contributed by atoms with Crippen molar-refractivity contribution in [3.63, 3.8) is 0 Å². The van der Waals surface area contributed by atoms with E-state index in [-0.39, 0.29) is 0 Å². The summed E-state index contributed by atoms with van der Waals surface area (Å²) in [5.41, 5.74) is 12.9. The fraction of sp³-hybridized carbons (Fsp3) is 0.0417. The van der Waals surface area contributed by atoms with Crippen molar-refractivity contribution < 1.29 is 4.42 Å². The van der Waals surface area contributed by atoms with Gasteiger partial charge < -0.3 is 9.32 Å². The number of hydrogen-bond acceptors (Lipinski definition) is 2. The van der Waals surface area contributed by atoms with Crippen molar-refractivity contribution in [2.75, 3.05) is 4.90 Å². The zero-order valence-electron chi connectivity index (χ0n) is 28.6. The van der Waals surface area contributed by atoms with Crippen LogP contribution in [-0.4, -0.2) is 8.07 Å². The second kappa shape index (κ2) is 11.4. The monoisotopic (exact) mass is 669 g/mol. The predicted molar refractivity (Wildman–Crippen MR) is 219 cm³/mol. The summed E-state index contributed by atoms with van der Waals surface area (Å²) < 4.78 is 6.64. The van der Waals surface area contributed by atoms with Crippen molar-refractivity contribution >= 4 is 68.2 Å². The Morgan fingerprint density at radius 1 is 0.451 bits per heavy atom. The summed E-state index contributed by atoms with van der Waals surface area (Å²) in [5, 5.41) is 7.75. The fourth-order valence-corrected chi connectivity index (χ4v) is 11.6. The molecule has 242 valence electrons. The van der Waals surface area contributed by atoms with Gasteiger partial charge in [0.1, 0.15) is 19.2 Å². The Hall–Kier alpha value is -6.16. The number of rotatable bonds is 5. The molecule has 8 aromatic carbocycles. The molecule has 0 amide bonds. The van der Waals surface area contributed by atoms with E-state index in [1.54, 1.807) is 0 Å². The van der Waals surface area contributed by atoms with Crippen molar-refractivity contribution in [2.24, 2.45) is 0 Å². The maximum Gasteiger partial charge on any atom is 0.135 e. The molecule has 0 fully saturated rings. The van der Waals surface area contributed by atoms with E-state index in [0.29, 0.717) is 0 Å². The molecule has 0 spiro atoms. The van der Waals surface area contributed by atoms with E-state index < -0.39 is 8.07 Å². The molecule has 0 atom stereocenters. The van der Waals surface area contributed by atoms with Crippen LogP contribution in [0.15, 0.2) is 180 Å². The molecule has 51 heavy (non-hydrogen) atoms. The minimum absolute atomic E-state index is 0.957. The number of furan rings is 1. The van der Waals surface area contributed by atoms with Crippen LogP contribution in [0, 0.1) is 0 Å². The van der Waals surface area contributed by atoms with Crippen molar-refractivity contribution in [2.45, 2.75) is 13.1 Å². The second-order valence-electron chi connectivity index (χ2n) is 14.1. The summed E-state index contributed by atoms with van der Waals surface area (Å²) in [6, 6.07) is 64.0. The topological polar surface area (TPSA) is 16.4 Å². The van der Waals surface area contributed by atoms with Crippen molar-refractivity contribution in [1.29, 1.82) is 0 Å². The van der Waals surface area contributed by atoms with Gasteiger partial charge in [0.25, 0.3) is 0 Å². The van der Waals surface area contributed by atoms with Crippen LogP contribution >= 0.6 is 0 Å². The first kappa shape index (κ1) is 29.7. The molecular formula is C48H35NOSi. The molecule has 0 radical (unpaired) electrons. The van der Waals surface area contributed by atoms with Crippen LogP contribution in [0.1, 0.15) is 0 Å². The quantitative estimate of drug-likeness (QED) is 0.170. The van der Waals surface area contributed by atoms with Gasteiger partial charge in [0.15, 0.2) is 0 Å². The zero-order chi connectivity index (χ0) is 34.1. The highest BCUT2D eigenvalue weighted by molar-refractivity contribution is 7.05. The third-order valence-corrected chi connectivity index (χ3v) is 14.3. The Kier molecular flexibility index (Phi) is 6.67. The van der Waals surface area contributed by atoms with E-state index >= 15 is 0 Å². The van der Waals surface area contributed by atoms with Gasteiger partial charge in [0, 0.05) is 27.7 Å². The lowest BCUT2D eigenvalue weighted by atomic mass is 9.99. The number of benzene rings is 8. The Balaban J connectivity index is 1.13. The molecule has 0 bridgehead atoms. The smallest absolute Gasteiger partial charge is 0.135 e. The highest BCUT2D eigenvalue weighted by Crippen LogP contribution is 2.43. The van der Waals surface area contributed by atoms with Crippen LogP contribution in [0.3, 0.4) is 0 Å². The summed E-state index contributed by atoms with van der Waals surface area (Å²) in [6.45, 7) is 4.96. The van der Waals surface area contributed by atoms with Gasteiger partial charge in [0.2, 0.25) is 0 Å². The summed E-state index contributed by atoms with van der Waals surface area (Å²) in [7, 11) is -2.16. The molecule has 2 heterocycles. The highest BCUT2D eigenvalue weighted by Gasteiger charge is 2.41. The molecule has 0 saturated heterocycles. The first-order valence-corrected chi connectivity index (χ1v) is 20.7. The Morgan fingerprint density at radius 2 is 1.14 bits per heavy atom. The van der Waals surface area contributed by atoms with E-state index in [2.05, 4.69) is 194 Å². The number of nitrogens with zero attached hydrogens (tertiary/aromatic N) is 1. The van der Waals surface area contributed by atoms with Gasteiger partial charge in [-0.1, -0.05) is 140 Å². The largest absolute Gasteiger partial charge is 0.456 e. The van der Waals surface area contributed by atoms with Crippen LogP contribution in [0.5, 0.6) is 0 Å². The lowest BCUT2D eigenvalue weighted by Crippen LogP contribution is -2.49. The maximum absolute atomic E-state index is 6.64. The minimum atomic E-state index is -2.16. The first-order chi connectivity index (χ1) is 25.0. The van der Waals surface area contributed by atoms with Crippen LogP contribution < -0.4 is 15.3 Å². The lowest BCUT2D eigenvalue weighted by molar-refractivity contribution is 0.671. The number of hydrogen-bond donors (Lipinski definition) is 0. The normalized spacial score (nSPS) is 13.1. The van der Waals surface area contributed by atoms with Crippen LogP contribution in [-0.2, 0) is 0 Å². The molecule has 1 aliphatic heterocycles. The lowest BCUT2D eigenvalue weighted by Gasteiger charge is -2.29. The first-order valence-electron chi connectivity index (χ1n) is 17.7. The third kappa shape index (κ3) is 4.70. The molecule has 0 saturated carbocycles. The number of fused-ring (bicyclic) bond motifs is 8. The standard InChI is InChI=1S/C48H35NOSi/c1-51(2)46-31-38(26-27-41(46)43-29-28-42-40-17-9-11-19-45(40)50-47(42)48(43)51)49(44-18-10-8-16-39(44)34-13-4-3-5-14-34)37-24-22-33(23-25-37)36-21-20-32-12-6-7-15-35(32)30-36/h3-31H,1-2H3. The average molecular weight is 670 g/mol. The van der Waals surface area contributed by atoms with Gasteiger partial charge in [-0.25, -0.2) is 0 Å². The minimum Gasteiger partial charge on any atom is -0.456 e. The van der Waals surface area contributed by atoms with Gasteiger partial charge in [-0.2, -0.15) is 0 Å². The summed E-state index contributed by atoms with van der Waals surface area (Å²) in [5.74, 6) is 0. The average Bonchev–Trinajstić information content (AvgIpc) is 3.67. The molecule has 0 unspecified atom stereocenters. The van der Waals surface area contributed by atoms with E-state index in [1.807, 2.05) is 0 Å². The van der Waals surface area contributed by atoms with E-state index in [4.69, 9.17) is 4.42 Å². The molecular weight excluding hydrogens is 635 g/mol. The van der Waals surface area contributed by atoms with E-state index in [1.165, 1.54) is 65.3 Å². The summed E-state index contributed by atoms with van der Waals surface area (Å²) in [4.78, 5) is 2.44. The van der Waals surface area contributed by atoms with Crippen LogP contribution in [0.4, 0.5) is 17.1 Å². The van der Waals surface area contributed by atoms with Crippen LogP contribution in [0.2, 0.25) is 13.1 Å². The molecule has 1 aliphatic rings. The SMILES string of the molecule is C[Si]1(C)c2cc(N(c3ccc(-c4ccc5ccccc5c4)cc3)c3ccccc3-c3ccccc3)ccc2-c2ccc3c(oc4ccccc43)c21. The molecule has 0 N–H and O–H groups in total. The van der Waals surface area contributed by atoms with Crippen LogP contribution in [0.25, 0.3) is 66.1 Å². The van der Waals surface area contributed by atoms with E-state index in [0.717, 1.165) is 28.2 Å². The number of para-hydroxylation sites is 2. The van der Waals surface area contributed by atoms with Gasteiger partial charge >= 0.3 is 0 Å². The fourth-order valence-electron chi connectivity index (χ4n) is 8.32. The number of anilines is 3. The maximum atomic E-state index is 6.64. The van der Waals surface area contributed by atoms with Crippen molar-refractivity contribution in [1.82, 2.24) is 0 Å².